The van der Waals surface area contributed by atoms with Crippen LogP contribution in [-0.2, 0) is 6.42 Å². The van der Waals surface area contributed by atoms with Crippen LogP contribution in [0.15, 0.2) is 52.9 Å². The molecule has 0 aliphatic rings. The number of benzene rings is 2. The van der Waals surface area contributed by atoms with E-state index in [1.54, 1.807) is 0 Å². The fourth-order valence-electron chi connectivity index (χ4n) is 2.02. The third-order valence-electron chi connectivity index (χ3n) is 2.92. The van der Waals surface area contributed by atoms with Gasteiger partial charge in [-0.25, -0.2) is 4.98 Å². The van der Waals surface area contributed by atoms with Gasteiger partial charge in [0, 0.05) is 5.56 Å². The molecule has 2 aromatic carbocycles. The molecule has 2 heteroatoms. The summed E-state index contributed by atoms with van der Waals surface area (Å²) in [6.45, 7) is 2.14. The van der Waals surface area contributed by atoms with Crippen molar-refractivity contribution in [2.75, 3.05) is 0 Å². The largest absolute Gasteiger partial charge is 0.436 e. The first-order chi connectivity index (χ1) is 8.38. The highest BCUT2D eigenvalue weighted by molar-refractivity contribution is 5.76. The van der Waals surface area contributed by atoms with Gasteiger partial charge in [-0.15, -0.1) is 0 Å². The zero-order valence-corrected chi connectivity index (χ0v) is 9.68. The molecule has 3 aromatic rings. The number of para-hydroxylation sites is 2. The van der Waals surface area contributed by atoms with Gasteiger partial charge in [-0.2, -0.15) is 0 Å². The Hall–Kier alpha value is -2.09. The molecule has 0 radical (unpaired) electrons. The average molecular weight is 223 g/mol. The Morgan fingerprint density at radius 2 is 1.76 bits per heavy atom. The molecule has 0 unspecified atom stereocenters. The Kier molecular flexibility index (Phi) is 2.41. The Morgan fingerprint density at radius 1 is 1.00 bits per heavy atom. The number of rotatable bonds is 2. The van der Waals surface area contributed by atoms with Gasteiger partial charge in [0.05, 0.1) is 0 Å². The van der Waals surface area contributed by atoms with Gasteiger partial charge in [-0.05, 0) is 30.2 Å². The molecule has 3 rings (SSSR count). The van der Waals surface area contributed by atoms with E-state index in [9.17, 15) is 0 Å². The lowest BCUT2D eigenvalue weighted by molar-refractivity contribution is 0.619. The molecule has 1 aromatic heterocycles. The summed E-state index contributed by atoms with van der Waals surface area (Å²) in [6.07, 6.45) is 0.981. The molecule has 0 bridgehead atoms. The van der Waals surface area contributed by atoms with Crippen molar-refractivity contribution in [2.45, 2.75) is 13.3 Å². The minimum atomic E-state index is 0.712. The fraction of sp³-hybridized carbons (Fsp3) is 0.133. The number of oxazole rings is 1. The minimum absolute atomic E-state index is 0.712. The maximum absolute atomic E-state index is 5.79. The quantitative estimate of drug-likeness (QED) is 0.654. The van der Waals surface area contributed by atoms with Gasteiger partial charge in [0.1, 0.15) is 5.52 Å². The summed E-state index contributed by atoms with van der Waals surface area (Å²) in [4.78, 5) is 4.52. The van der Waals surface area contributed by atoms with Crippen LogP contribution in [0.4, 0.5) is 0 Å². The highest BCUT2D eigenvalue weighted by atomic mass is 16.3. The van der Waals surface area contributed by atoms with Crippen LogP contribution in [0.25, 0.3) is 22.6 Å². The topological polar surface area (TPSA) is 26.0 Å². The van der Waals surface area contributed by atoms with Crippen LogP contribution < -0.4 is 0 Å². The number of hydrogen-bond donors (Lipinski definition) is 0. The highest BCUT2D eigenvalue weighted by Crippen LogP contribution is 2.26. The second-order valence-electron chi connectivity index (χ2n) is 4.00. The molecule has 2 nitrogen and oxygen atoms in total. The monoisotopic (exact) mass is 223 g/mol. The molecule has 0 fully saturated rings. The summed E-state index contributed by atoms with van der Waals surface area (Å²) in [5, 5.41) is 0. The predicted molar refractivity (Wildman–Crippen MR) is 68.8 cm³/mol. The number of aromatic nitrogens is 1. The summed E-state index contributed by atoms with van der Waals surface area (Å²) in [5.74, 6) is 0.712. The van der Waals surface area contributed by atoms with Crippen molar-refractivity contribution < 1.29 is 4.42 Å². The van der Waals surface area contributed by atoms with Crippen LogP contribution in [0.2, 0.25) is 0 Å². The van der Waals surface area contributed by atoms with Crippen LogP contribution >= 0.6 is 0 Å². The third-order valence-corrected chi connectivity index (χ3v) is 2.92. The maximum Gasteiger partial charge on any atom is 0.227 e. The van der Waals surface area contributed by atoms with Gasteiger partial charge in [0.2, 0.25) is 5.89 Å². The Labute approximate surface area is 99.9 Å². The van der Waals surface area contributed by atoms with Gasteiger partial charge in [-0.1, -0.05) is 37.3 Å². The molecule has 0 spiro atoms. The Morgan fingerprint density at radius 3 is 2.59 bits per heavy atom. The summed E-state index contributed by atoms with van der Waals surface area (Å²) in [5.41, 5.74) is 4.10. The normalized spacial score (nSPS) is 10.9. The maximum atomic E-state index is 5.79. The van der Waals surface area contributed by atoms with Crippen LogP contribution in [-0.4, -0.2) is 4.98 Å². The molecular weight excluding hydrogens is 210 g/mol. The van der Waals surface area contributed by atoms with Gasteiger partial charge in [-0.3, -0.25) is 0 Å². The predicted octanol–water partition coefficient (Wildman–Crippen LogP) is 4.06. The zero-order valence-electron chi connectivity index (χ0n) is 9.68. The standard InChI is InChI=1S/C15H13NO/c1-2-11-7-3-4-8-12(11)15-16-13-9-5-6-10-14(13)17-15/h3-10H,2H2,1H3. The lowest BCUT2D eigenvalue weighted by Crippen LogP contribution is -1.86. The van der Waals surface area contributed by atoms with Gasteiger partial charge in [0.25, 0.3) is 0 Å². The lowest BCUT2D eigenvalue weighted by atomic mass is 10.1. The van der Waals surface area contributed by atoms with Crippen molar-refractivity contribution in [1.29, 1.82) is 0 Å². The van der Waals surface area contributed by atoms with E-state index in [0.29, 0.717) is 5.89 Å². The van der Waals surface area contributed by atoms with E-state index < -0.39 is 0 Å². The first-order valence-corrected chi connectivity index (χ1v) is 5.82. The average Bonchev–Trinajstić information content (AvgIpc) is 2.82. The van der Waals surface area contributed by atoms with E-state index in [4.69, 9.17) is 4.42 Å². The summed E-state index contributed by atoms with van der Waals surface area (Å²) in [7, 11) is 0. The van der Waals surface area contributed by atoms with Gasteiger partial charge < -0.3 is 4.42 Å². The highest BCUT2D eigenvalue weighted by Gasteiger charge is 2.10. The number of aryl methyl sites for hydroxylation is 1. The van der Waals surface area contributed by atoms with Crippen molar-refractivity contribution in [3.63, 3.8) is 0 Å². The van der Waals surface area contributed by atoms with Crippen LogP contribution in [0, 0.1) is 0 Å². The Balaban J connectivity index is 2.20. The number of hydrogen-bond acceptors (Lipinski definition) is 2. The molecule has 0 aliphatic carbocycles. The van der Waals surface area contributed by atoms with Crippen LogP contribution in [0.1, 0.15) is 12.5 Å². The van der Waals surface area contributed by atoms with Crippen molar-refractivity contribution in [2.24, 2.45) is 0 Å². The van der Waals surface area contributed by atoms with E-state index in [2.05, 4.69) is 24.0 Å². The number of nitrogens with zero attached hydrogens (tertiary/aromatic N) is 1. The van der Waals surface area contributed by atoms with E-state index >= 15 is 0 Å². The second-order valence-corrected chi connectivity index (χ2v) is 4.00. The molecule has 1 heterocycles. The van der Waals surface area contributed by atoms with Crippen molar-refractivity contribution in [3.8, 4) is 11.5 Å². The molecule has 0 amide bonds. The van der Waals surface area contributed by atoms with Gasteiger partial charge in [0.15, 0.2) is 5.58 Å². The van der Waals surface area contributed by atoms with Crippen molar-refractivity contribution >= 4 is 11.1 Å². The second kappa shape index (κ2) is 4.06. The molecule has 0 saturated heterocycles. The molecular formula is C15H13NO. The van der Waals surface area contributed by atoms with E-state index in [1.807, 2.05) is 36.4 Å². The summed E-state index contributed by atoms with van der Waals surface area (Å²) < 4.78 is 5.79. The third kappa shape index (κ3) is 1.72. The molecule has 17 heavy (non-hydrogen) atoms. The van der Waals surface area contributed by atoms with E-state index in [0.717, 1.165) is 23.1 Å². The zero-order chi connectivity index (χ0) is 11.7. The SMILES string of the molecule is CCc1ccccc1-c1nc2ccccc2o1. The fourth-order valence-corrected chi connectivity index (χ4v) is 2.02. The molecule has 0 N–H and O–H groups in total. The smallest absolute Gasteiger partial charge is 0.227 e. The first-order valence-electron chi connectivity index (χ1n) is 5.82. The van der Waals surface area contributed by atoms with Crippen LogP contribution in [0.5, 0.6) is 0 Å². The van der Waals surface area contributed by atoms with Crippen molar-refractivity contribution in [1.82, 2.24) is 4.98 Å². The molecule has 84 valence electrons. The van der Waals surface area contributed by atoms with E-state index in [1.165, 1.54) is 5.56 Å². The summed E-state index contributed by atoms with van der Waals surface area (Å²) >= 11 is 0. The van der Waals surface area contributed by atoms with E-state index in [-0.39, 0.29) is 0 Å². The minimum Gasteiger partial charge on any atom is -0.436 e. The Bertz CT molecular complexity index is 622. The lowest BCUT2D eigenvalue weighted by Gasteiger charge is -2.02. The van der Waals surface area contributed by atoms with Crippen LogP contribution in [0.3, 0.4) is 0 Å². The summed E-state index contributed by atoms with van der Waals surface area (Å²) in [6, 6.07) is 16.1. The molecule has 0 aliphatic heterocycles. The first kappa shape index (κ1) is 10.1. The molecule has 0 saturated carbocycles. The number of fused-ring (bicyclic) bond motifs is 1. The molecule has 0 atom stereocenters. The van der Waals surface area contributed by atoms with Crippen molar-refractivity contribution in [3.05, 3.63) is 54.1 Å². The van der Waals surface area contributed by atoms with Gasteiger partial charge >= 0.3 is 0 Å².